The number of benzene rings is 1. The summed E-state index contributed by atoms with van der Waals surface area (Å²) in [5, 5.41) is 10.3. The number of esters is 1. The van der Waals surface area contributed by atoms with Gasteiger partial charge in [-0.2, -0.15) is 0 Å². The van der Waals surface area contributed by atoms with Crippen molar-refractivity contribution >= 4 is 34.3 Å². The van der Waals surface area contributed by atoms with Crippen LogP contribution < -0.4 is 0 Å². The van der Waals surface area contributed by atoms with Gasteiger partial charge in [0.05, 0.1) is 17.4 Å². The number of fused-ring (bicyclic) bond motifs is 3. The van der Waals surface area contributed by atoms with Crippen LogP contribution >= 0.6 is 11.8 Å². The van der Waals surface area contributed by atoms with Crippen molar-refractivity contribution in [3.63, 3.8) is 0 Å². The van der Waals surface area contributed by atoms with Crippen molar-refractivity contribution in [1.82, 2.24) is 14.6 Å². The molecule has 0 spiro atoms. The van der Waals surface area contributed by atoms with Gasteiger partial charge in [-0.15, -0.1) is 10.2 Å². The van der Waals surface area contributed by atoms with Gasteiger partial charge in [0, 0.05) is 0 Å². The molecule has 3 aromatic rings. The third-order valence-electron chi connectivity index (χ3n) is 3.22. The van der Waals surface area contributed by atoms with E-state index in [2.05, 4.69) is 22.3 Å². The molecule has 0 aliphatic carbocycles. The van der Waals surface area contributed by atoms with Crippen molar-refractivity contribution in [2.75, 3.05) is 5.75 Å². The fourth-order valence-corrected chi connectivity index (χ4v) is 3.09. The van der Waals surface area contributed by atoms with E-state index in [1.807, 2.05) is 43.4 Å². The number of hydrogen-bond acceptors (Lipinski definition) is 5. The molecule has 5 nitrogen and oxygen atoms in total. The van der Waals surface area contributed by atoms with Gasteiger partial charge < -0.3 is 4.74 Å². The van der Waals surface area contributed by atoms with Crippen molar-refractivity contribution in [2.45, 2.75) is 32.0 Å². The van der Waals surface area contributed by atoms with Crippen molar-refractivity contribution in [3.8, 4) is 0 Å². The normalized spacial score (nSPS) is 11.5. The number of rotatable bonds is 4. The lowest BCUT2D eigenvalue weighted by Crippen LogP contribution is -2.13. The van der Waals surface area contributed by atoms with E-state index in [9.17, 15) is 4.79 Å². The van der Waals surface area contributed by atoms with Crippen LogP contribution in [0.25, 0.3) is 16.6 Å². The molecule has 0 aliphatic heterocycles. The third-order valence-corrected chi connectivity index (χ3v) is 4.12. The molecule has 0 aliphatic rings. The minimum absolute atomic E-state index is 0.105. The second kappa shape index (κ2) is 5.96. The molecular weight excluding hydrogens is 298 g/mol. The molecule has 3 rings (SSSR count). The standard InChI is InChI=1S/C16H17N3O2S/c1-10(2)21-14(20)9-22-16-18-17-15-11(3)8-12-6-4-5-7-13(12)19(15)16/h4-8,10H,9H2,1-3H3. The van der Waals surface area contributed by atoms with Crippen LogP contribution in [0.1, 0.15) is 19.4 Å². The smallest absolute Gasteiger partial charge is 0.316 e. The van der Waals surface area contributed by atoms with Gasteiger partial charge in [0.25, 0.3) is 0 Å². The van der Waals surface area contributed by atoms with E-state index >= 15 is 0 Å². The molecule has 2 heterocycles. The van der Waals surface area contributed by atoms with E-state index in [1.54, 1.807) is 0 Å². The van der Waals surface area contributed by atoms with Crippen molar-refractivity contribution in [3.05, 3.63) is 35.9 Å². The zero-order valence-corrected chi connectivity index (χ0v) is 13.6. The molecule has 0 saturated heterocycles. The van der Waals surface area contributed by atoms with Crippen molar-refractivity contribution in [2.24, 2.45) is 0 Å². The molecular formula is C16H17N3O2S. The average molecular weight is 315 g/mol. The maximum Gasteiger partial charge on any atom is 0.316 e. The monoisotopic (exact) mass is 315 g/mol. The Morgan fingerprint density at radius 2 is 2.09 bits per heavy atom. The van der Waals surface area contributed by atoms with Gasteiger partial charge >= 0.3 is 5.97 Å². The summed E-state index contributed by atoms with van der Waals surface area (Å²) in [6.07, 6.45) is -0.105. The van der Waals surface area contributed by atoms with Crippen LogP contribution in [0.2, 0.25) is 0 Å². The fourth-order valence-electron chi connectivity index (χ4n) is 2.37. The lowest BCUT2D eigenvalue weighted by Gasteiger charge is -2.08. The number of carbonyl (C=O) groups excluding carboxylic acids is 1. The minimum atomic E-state index is -0.242. The highest BCUT2D eigenvalue weighted by atomic mass is 32.2. The van der Waals surface area contributed by atoms with E-state index in [-0.39, 0.29) is 17.8 Å². The molecule has 6 heteroatoms. The Labute approximate surface area is 132 Å². The second-order valence-electron chi connectivity index (χ2n) is 5.36. The van der Waals surface area contributed by atoms with Crippen LogP contribution in [0.4, 0.5) is 0 Å². The van der Waals surface area contributed by atoms with Gasteiger partial charge in [0.15, 0.2) is 10.8 Å². The fraction of sp³-hybridized carbons (Fsp3) is 0.312. The molecule has 0 bridgehead atoms. The number of aryl methyl sites for hydroxylation is 1. The largest absolute Gasteiger partial charge is 0.462 e. The first kappa shape index (κ1) is 14.8. The molecule has 0 saturated carbocycles. The Bertz CT molecular complexity index is 842. The Balaban J connectivity index is 1.99. The number of hydrogen-bond donors (Lipinski definition) is 0. The topological polar surface area (TPSA) is 56.5 Å². The number of pyridine rings is 1. The quantitative estimate of drug-likeness (QED) is 0.546. The van der Waals surface area contributed by atoms with Gasteiger partial charge in [-0.1, -0.05) is 30.0 Å². The van der Waals surface area contributed by atoms with E-state index in [1.165, 1.54) is 11.8 Å². The lowest BCUT2D eigenvalue weighted by atomic mass is 10.1. The molecule has 114 valence electrons. The summed E-state index contributed by atoms with van der Waals surface area (Å²) in [5.74, 6) is -0.0185. The van der Waals surface area contributed by atoms with Gasteiger partial charge in [-0.05, 0) is 43.9 Å². The van der Waals surface area contributed by atoms with Crippen LogP contribution in [-0.2, 0) is 9.53 Å². The molecule has 0 amide bonds. The molecule has 0 atom stereocenters. The Kier molecular flexibility index (Phi) is 4.02. The Morgan fingerprint density at radius 1 is 1.32 bits per heavy atom. The van der Waals surface area contributed by atoms with Crippen LogP contribution in [0, 0.1) is 6.92 Å². The van der Waals surface area contributed by atoms with E-state index in [0.29, 0.717) is 5.16 Å². The summed E-state index contributed by atoms with van der Waals surface area (Å²) < 4.78 is 7.15. The zero-order valence-electron chi connectivity index (χ0n) is 12.7. The van der Waals surface area contributed by atoms with Gasteiger partial charge in [-0.3, -0.25) is 9.20 Å². The Morgan fingerprint density at radius 3 is 2.86 bits per heavy atom. The molecule has 22 heavy (non-hydrogen) atoms. The van der Waals surface area contributed by atoms with Crippen molar-refractivity contribution in [1.29, 1.82) is 0 Å². The number of ether oxygens (including phenoxy) is 1. The zero-order chi connectivity index (χ0) is 15.7. The van der Waals surface area contributed by atoms with Crippen LogP contribution in [-0.4, -0.2) is 32.4 Å². The summed E-state index contributed by atoms with van der Waals surface area (Å²) in [5.41, 5.74) is 2.91. The average Bonchev–Trinajstić information content (AvgIpc) is 2.89. The molecule has 0 radical (unpaired) electrons. The molecule has 0 unspecified atom stereocenters. The van der Waals surface area contributed by atoms with E-state index in [0.717, 1.165) is 22.1 Å². The van der Waals surface area contributed by atoms with Crippen LogP contribution in [0.15, 0.2) is 35.5 Å². The summed E-state index contributed by atoms with van der Waals surface area (Å²) in [4.78, 5) is 11.7. The minimum Gasteiger partial charge on any atom is -0.462 e. The van der Waals surface area contributed by atoms with Gasteiger partial charge in [0.1, 0.15) is 0 Å². The highest BCUT2D eigenvalue weighted by Crippen LogP contribution is 2.25. The highest BCUT2D eigenvalue weighted by Gasteiger charge is 2.14. The number of thioether (sulfide) groups is 1. The summed E-state index contributed by atoms with van der Waals surface area (Å²) in [6.45, 7) is 5.69. The maximum absolute atomic E-state index is 11.7. The summed E-state index contributed by atoms with van der Waals surface area (Å²) in [6, 6.07) is 10.2. The second-order valence-corrected chi connectivity index (χ2v) is 6.30. The predicted octanol–water partition coefficient (Wildman–Crippen LogP) is 3.23. The first-order chi connectivity index (χ1) is 10.6. The predicted molar refractivity (Wildman–Crippen MR) is 87.2 cm³/mol. The Hall–Kier alpha value is -2.08. The molecule has 0 N–H and O–H groups in total. The summed E-state index contributed by atoms with van der Waals surface area (Å²) >= 11 is 1.35. The molecule has 2 aromatic heterocycles. The lowest BCUT2D eigenvalue weighted by molar-refractivity contribution is -0.144. The third kappa shape index (κ3) is 2.78. The maximum atomic E-state index is 11.7. The molecule has 0 fully saturated rings. The van der Waals surface area contributed by atoms with Crippen LogP contribution in [0.5, 0.6) is 0 Å². The number of carbonyl (C=O) groups is 1. The summed E-state index contributed by atoms with van der Waals surface area (Å²) in [7, 11) is 0. The molecule has 1 aromatic carbocycles. The van der Waals surface area contributed by atoms with Gasteiger partial charge in [-0.25, -0.2) is 0 Å². The number of nitrogens with zero attached hydrogens (tertiary/aromatic N) is 3. The van der Waals surface area contributed by atoms with Gasteiger partial charge in [0.2, 0.25) is 0 Å². The number of para-hydroxylation sites is 1. The first-order valence-corrected chi connectivity index (χ1v) is 8.10. The highest BCUT2D eigenvalue weighted by molar-refractivity contribution is 7.99. The first-order valence-electron chi connectivity index (χ1n) is 7.12. The van der Waals surface area contributed by atoms with E-state index in [4.69, 9.17) is 4.74 Å². The van der Waals surface area contributed by atoms with E-state index < -0.39 is 0 Å². The number of aromatic nitrogens is 3. The van der Waals surface area contributed by atoms with Crippen LogP contribution in [0.3, 0.4) is 0 Å². The van der Waals surface area contributed by atoms with Crippen molar-refractivity contribution < 1.29 is 9.53 Å². The SMILES string of the molecule is Cc1cc2ccccc2n2c(SCC(=O)OC(C)C)nnc12.